The van der Waals surface area contributed by atoms with E-state index in [2.05, 4.69) is 0 Å². The summed E-state index contributed by atoms with van der Waals surface area (Å²) in [4.78, 5) is 10.4. The third-order valence-corrected chi connectivity index (χ3v) is 7.08. The third-order valence-electron chi connectivity index (χ3n) is 2.45. The fraction of sp³-hybridized carbons (Fsp3) is 0.889. The highest BCUT2D eigenvalue weighted by Crippen LogP contribution is 2.09. The topological polar surface area (TPSA) is 106 Å². The molecule has 0 bridgehead atoms. The molecular weight excluding hydrogens is 268 g/mol. The van der Waals surface area contributed by atoms with E-state index in [0.717, 1.165) is 0 Å². The van der Waals surface area contributed by atoms with E-state index in [4.69, 9.17) is 5.11 Å². The molecule has 0 aromatic carbocycles. The van der Waals surface area contributed by atoms with Gasteiger partial charge < -0.3 is 5.11 Å². The highest BCUT2D eigenvalue weighted by Gasteiger charge is 2.26. The van der Waals surface area contributed by atoms with Gasteiger partial charge in [0.15, 0.2) is 19.7 Å². The van der Waals surface area contributed by atoms with E-state index in [-0.39, 0.29) is 0 Å². The van der Waals surface area contributed by atoms with Crippen molar-refractivity contribution in [1.29, 1.82) is 0 Å². The van der Waals surface area contributed by atoms with Crippen LogP contribution in [0.5, 0.6) is 0 Å². The van der Waals surface area contributed by atoms with Crippen LogP contribution in [0, 0.1) is 0 Å². The summed E-state index contributed by atoms with van der Waals surface area (Å²) in [5, 5.41) is 6.78. The maximum atomic E-state index is 11.6. The van der Waals surface area contributed by atoms with Crippen molar-refractivity contribution in [3.8, 4) is 0 Å². The lowest BCUT2D eigenvalue weighted by molar-refractivity contribution is -0.136. The van der Waals surface area contributed by atoms with Crippen LogP contribution in [0.25, 0.3) is 0 Å². The summed E-state index contributed by atoms with van der Waals surface area (Å²) in [5.74, 6) is -2.20. The van der Waals surface area contributed by atoms with E-state index < -0.39 is 54.1 Å². The number of hydrogen-bond donors (Lipinski definition) is 1. The summed E-state index contributed by atoms with van der Waals surface area (Å²) in [6.07, 6.45) is -0.510. The molecule has 8 heteroatoms. The first-order valence-corrected chi connectivity index (χ1v) is 8.57. The van der Waals surface area contributed by atoms with E-state index in [0.29, 0.717) is 0 Å². The summed E-state index contributed by atoms with van der Waals surface area (Å²) in [6.45, 7) is 4.22. The average molecular weight is 286 g/mol. The first-order valence-electron chi connectivity index (χ1n) is 5.14. The molecule has 102 valence electrons. The van der Waals surface area contributed by atoms with Gasteiger partial charge in [0.2, 0.25) is 0 Å². The third kappa shape index (κ3) is 5.49. The van der Waals surface area contributed by atoms with Crippen molar-refractivity contribution < 1.29 is 26.7 Å². The van der Waals surface area contributed by atoms with Gasteiger partial charge in [-0.15, -0.1) is 0 Å². The molecule has 0 radical (unpaired) electrons. The molecule has 0 spiro atoms. The van der Waals surface area contributed by atoms with Gasteiger partial charge in [-0.1, -0.05) is 0 Å². The van der Waals surface area contributed by atoms with Gasteiger partial charge in [0.25, 0.3) is 0 Å². The fourth-order valence-corrected chi connectivity index (χ4v) is 4.17. The number of sulfone groups is 2. The van der Waals surface area contributed by atoms with Crippen LogP contribution in [-0.2, 0) is 24.5 Å². The Kier molecular flexibility index (Phi) is 5.60. The van der Waals surface area contributed by atoms with Crippen molar-refractivity contribution in [1.82, 2.24) is 0 Å². The van der Waals surface area contributed by atoms with Crippen LogP contribution in [0.15, 0.2) is 0 Å². The van der Waals surface area contributed by atoms with Gasteiger partial charge in [-0.05, 0) is 20.8 Å². The molecule has 1 N–H and O–H groups in total. The Hall–Kier alpha value is -0.630. The molecule has 1 unspecified atom stereocenters. The minimum Gasteiger partial charge on any atom is -0.481 e. The quantitative estimate of drug-likeness (QED) is 0.711. The second-order valence-corrected chi connectivity index (χ2v) is 9.41. The summed E-state index contributed by atoms with van der Waals surface area (Å²) in [5.41, 5.74) is 0. The van der Waals surface area contributed by atoms with Crippen LogP contribution in [-0.4, -0.2) is 49.9 Å². The Morgan fingerprint density at radius 3 is 1.76 bits per heavy atom. The largest absolute Gasteiger partial charge is 0.481 e. The molecule has 0 aliphatic rings. The lowest BCUT2D eigenvalue weighted by Crippen LogP contribution is -2.29. The van der Waals surface area contributed by atoms with Gasteiger partial charge in [0.05, 0.1) is 28.4 Å². The average Bonchev–Trinajstić information content (AvgIpc) is 2.13. The molecule has 17 heavy (non-hydrogen) atoms. The van der Waals surface area contributed by atoms with Crippen LogP contribution in [0.1, 0.15) is 27.2 Å². The van der Waals surface area contributed by atoms with E-state index in [1.165, 1.54) is 20.8 Å². The van der Waals surface area contributed by atoms with Gasteiger partial charge >= 0.3 is 5.97 Å². The number of hydrogen-bond acceptors (Lipinski definition) is 5. The van der Waals surface area contributed by atoms with Crippen molar-refractivity contribution in [3.63, 3.8) is 0 Å². The number of aliphatic carboxylic acids is 1. The van der Waals surface area contributed by atoms with Crippen LogP contribution in [0.3, 0.4) is 0 Å². The fourth-order valence-electron chi connectivity index (χ4n) is 1.04. The summed E-state index contributed by atoms with van der Waals surface area (Å²) in [7, 11) is -7.10. The molecule has 0 saturated carbocycles. The predicted octanol–water partition coefficient (Wildman–Crippen LogP) is 0.0876. The Balaban J connectivity index is 4.64. The van der Waals surface area contributed by atoms with Gasteiger partial charge in [0, 0.05) is 0 Å². The molecule has 0 aliphatic carbocycles. The maximum Gasteiger partial charge on any atom is 0.304 e. The van der Waals surface area contributed by atoms with Crippen LogP contribution >= 0.6 is 0 Å². The minimum atomic E-state index is -3.68. The number of rotatable bonds is 7. The van der Waals surface area contributed by atoms with Gasteiger partial charge in [-0.3, -0.25) is 4.79 Å². The standard InChI is InChI=1S/C9H18O6S2/c1-7(2)16(12,13)4-5-17(14,15)8(3)6-9(10)11/h7-8H,4-6H2,1-3H3,(H,10,11). The Morgan fingerprint density at radius 1 is 1.00 bits per heavy atom. The monoisotopic (exact) mass is 286 g/mol. The zero-order chi connectivity index (χ0) is 13.9. The van der Waals surface area contributed by atoms with Gasteiger partial charge in [-0.2, -0.15) is 0 Å². The van der Waals surface area contributed by atoms with Crippen molar-refractivity contribution >= 4 is 25.6 Å². The smallest absolute Gasteiger partial charge is 0.304 e. The molecular formula is C9H18O6S2. The zero-order valence-corrected chi connectivity index (χ0v) is 11.7. The SMILES string of the molecule is CC(C)S(=O)(=O)CCS(=O)(=O)C(C)CC(=O)O. The highest BCUT2D eigenvalue weighted by atomic mass is 32.2. The van der Waals surface area contributed by atoms with Crippen LogP contribution in [0.2, 0.25) is 0 Å². The normalized spacial score (nSPS) is 14.8. The van der Waals surface area contributed by atoms with E-state index in [9.17, 15) is 21.6 Å². The first kappa shape index (κ1) is 16.4. The number of carbonyl (C=O) groups is 1. The van der Waals surface area contributed by atoms with Gasteiger partial charge in [-0.25, -0.2) is 16.8 Å². The molecule has 0 heterocycles. The summed E-state index contributed by atoms with van der Waals surface area (Å²) >= 11 is 0. The molecule has 6 nitrogen and oxygen atoms in total. The van der Waals surface area contributed by atoms with Crippen molar-refractivity contribution in [2.75, 3.05) is 11.5 Å². The Morgan fingerprint density at radius 2 is 1.41 bits per heavy atom. The predicted molar refractivity (Wildman–Crippen MR) is 64.4 cm³/mol. The number of carboxylic acids is 1. The first-order chi connectivity index (χ1) is 7.49. The Labute approximate surface area is 102 Å². The Bertz CT molecular complexity index is 460. The van der Waals surface area contributed by atoms with E-state index in [1.807, 2.05) is 0 Å². The van der Waals surface area contributed by atoms with E-state index in [1.54, 1.807) is 0 Å². The molecule has 0 amide bonds. The van der Waals surface area contributed by atoms with Crippen molar-refractivity contribution in [2.45, 2.75) is 37.7 Å². The lowest BCUT2D eigenvalue weighted by atomic mass is 10.3. The minimum absolute atomic E-state index is 0.461. The van der Waals surface area contributed by atoms with Crippen LogP contribution < -0.4 is 0 Å². The zero-order valence-electron chi connectivity index (χ0n) is 10.1. The number of carboxylic acid groups (broad SMARTS) is 1. The van der Waals surface area contributed by atoms with Crippen molar-refractivity contribution in [2.24, 2.45) is 0 Å². The second-order valence-electron chi connectivity index (χ2n) is 4.19. The lowest BCUT2D eigenvalue weighted by Gasteiger charge is -2.12. The molecule has 0 aromatic rings. The molecule has 0 fully saturated rings. The van der Waals surface area contributed by atoms with Crippen LogP contribution in [0.4, 0.5) is 0 Å². The summed E-state index contributed by atoms with van der Waals surface area (Å²) in [6, 6.07) is 0. The second kappa shape index (κ2) is 5.81. The van der Waals surface area contributed by atoms with Crippen molar-refractivity contribution in [3.05, 3.63) is 0 Å². The molecule has 0 aromatic heterocycles. The van der Waals surface area contributed by atoms with Gasteiger partial charge in [0.1, 0.15) is 0 Å². The molecule has 0 saturated heterocycles. The van der Waals surface area contributed by atoms with E-state index >= 15 is 0 Å². The highest BCUT2D eigenvalue weighted by molar-refractivity contribution is 7.95. The molecule has 0 aliphatic heterocycles. The molecule has 0 rings (SSSR count). The maximum absolute atomic E-state index is 11.6. The molecule has 1 atom stereocenters. The summed E-state index contributed by atoms with van der Waals surface area (Å²) < 4.78 is 46.1.